The molecule has 3 N–H and O–H groups in total. The molecule has 1 aromatic carbocycles. The van der Waals surface area contributed by atoms with Gasteiger partial charge in [-0.05, 0) is 42.8 Å². The molecule has 0 aliphatic rings. The largest absolute Gasteiger partial charge is 0.397 e. The van der Waals surface area contributed by atoms with Crippen LogP contribution < -0.4 is 11.1 Å². The van der Waals surface area contributed by atoms with Gasteiger partial charge in [-0.25, -0.2) is 4.98 Å². The van der Waals surface area contributed by atoms with Crippen LogP contribution in [0.2, 0.25) is 5.02 Å². The summed E-state index contributed by atoms with van der Waals surface area (Å²) in [5, 5.41) is 13.6. The van der Waals surface area contributed by atoms with E-state index in [0.29, 0.717) is 27.4 Å². The SMILES string of the molecule is Cc1cc(NC(=O)CSc2nnc(-c3sc4ncccc4c3N)n2C)ccc1Cl. The molecule has 0 bridgehead atoms. The molecule has 0 unspecified atom stereocenters. The molecule has 0 saturated heterocycles. The van der Waals surface area contributed by atoms with E-state index in [4.69, 9.17) is 17.3 Å². The second kappa shape index (κ2) is 8.02. The van der Waals surface area contributed by atoms with Crippen LogP contribution in [0, 0.1) is 6.92 Å². The molecule has 0 aliphatic heterocycles. The van der Waals surface area contributed by atoms with Crippen molar-refractivity contribution in [2.45, 2.75) is 12.1 Å². The summed E-state index contributed by atoms with van der Waals surface area (Å²) in [6.07, 6.45) is 1.74. The van der Waals surface area contributed by atoms with Gasteiger partial charge in [-0.2, -0.15) is 0 Å². The minimum Gasteiger partial charge on any atom is -0.397 e. The number of amides is 1. The van der Waals surface area contributed by atoms with Gasteiger partial charge < -0.3 is 15.6 Å². The molecule has 10 heteroatoms. The zero-order chi connectivity index (χ0) is 20.5. The molecule has 0 aliphatic carbocycles. The highest BCUT2D eigenvalue weighted by atomic mass is 35.5. The van der Waals surface area contributed by atoms with Crippen molar-refractivity contribution >= 4 is 62.2 Å². The van der Waals surface area contributed by atoms with Crippen LogP contribution in [-0.2, 0) is 11.8 Å². The Balaban J connectivity index is 1.48. The van der Waals surface area contributed by atoms with E-state index in [0.717, 1.165) is 20.7 Å². The molecule has 0 fully saturated rings. The number of carbonyl (C=O) groups is 1. The Labute approximate surface area is 180 Å². The van der Waals surface area contributed by atoms with Crippen molar-refractivity contribution < 1.29 is 4.79 Å². The fourth-order valence-corrected chi connectivity index (χ4v) is 4.72. The molecule has 0 spiro atoms. The highest BCUT2D eigenvalue weighted by molar-refractivity contribution is 7.99. The monoisotopic (exact) mass is 444 g/mol. The molecule has 4 aromatic rings. The lowest BCUT2D eigenvalue weighted by Crippen LogP contribution is -2.14. The number of aromatic nitrogens is 4. The molecule has 4 rings (SSSR count). The molecular formula is C19H17ClN6OS2. The molecule has 3 aromatic heterocycles. The second-order valence-electron chi connectivity index (χ2n) is 6.37. The molecule has 0 radical (unpaired) electrons. The Morgan fingerprint density at radius 3 is 2.93 bits per heavy atom. The summed E-state index contributed by atoms with van der Waals surface area (Å²) in [5.41, 5.74) is 8.55. The number of hydrogen-bond donors (Lipinski definition) is 2. The third-order valence-corrected chi connectivity index (χ3v) is 6.89. The number of carbonyl (C=O) groups excluding carboxylic acids is 1. The lowest BCUT2D eigenvalue weighted by Gasteiger charge is -2.07. The Hall–Kier alpha value is -2.62. The lowest BCUT2D eigenvalue weighted by atomic mass is 10.2. The fraction of sp³-hybridized carbons (Fsp3) is 0.158. The average molecular weight is 445 g/mol. The van der Waals surface area contributed by atoms with Gasteiger partial charge in [-0.15, -0.1) is 21.5 Å². The van der Waals surface area contributed by atoms with Gasteiger partial charge in [-0.1, -0.05) is 23.4 Å². The number of nitrogens with two attached hydrogens (primary N) is 1. The van der Waals surface area contributed by atoms with Gasteiger partial charge in [0.25, 0.3) is 0 Å². The third kappa shape index (κ3) is 3.93. The molecule has 1 amide bonds. The number of rotatable bonds is 5. The van der Waals surface area contributed by atoms with Crippen LogP contribution in [0.3, 0.4) is 0 Å². The number of aryl methyl sites for hydroxylation is 1. The number of thiophene rings is 1. The molecule has 0 saturated carbocycles. The third-order valence-electron chi connectivity index (χ3n) is 4.32. The van der Waals surface area contributed by atoms with Crippen molar-refractivity contribution in [3.05, 3.63) is 47.1 Å². The molecule has 148 valence electrons. The van der Waals surface area contributed by atoms with E-state index in [-0.39, 0.29) is 11.7 Å². The summed E-state index contributed by atoms with van der Waals surface area (Å²) in [7, 11) is 1.86. The normalized spacial score (nSPS) is 11.1. The molecular weight excluding hydrogens is 428 g/mol. The predicted molar refractivity (Wildman–Crippen MR) is 120 cm³/mol. The van der Waals surface area contributed by atoms with E-state index in [1.165, 1.54) is 23.1 Å². The second-order valence-corrected chi connectivity index (χ2v) is 8.72. The van der Waals surface area contributed by atoms with Crippen LogP contribution in [0.1, 0.15) is 5.56 Å². The maximum atomic E-state index is 12.3. The number of thioether (sulfide) groups is 1. The molecule has 29 heavy (non-hydrogen) atoms. The van der Waals surface area contributed by atoms with E-state index in [1.54, 1.807) is 18.3 Å². The summed E-state index contributed by atoms with van der Waals surface area (Å²) in [6, 6.07) is 9.17. The first kappa shape index (κ1) is 19.7. The van der Waals surface area contributed by atoms with E-state index in [1.807, 2.05) is 36.7 Å². The Morgan fingerprint density at radius 2 is 2.17 bits per heavy atom. The average Bonchev–Trinajstić information content (AvgIpc) is 3.23. The minimum absolute atomic E-state index is 0.133. The standard InChI is InChI=1S/C19H17ClN6OS2/c1-10-8-11(5-6-13(10)20)23-14(27)9-28-19-25-24-17(26(19)2)16-15(21)12-4-3-7-22-18(12)29-16/h3-8H,9,21H2,1-2H3,(H,23,27). The summed E-state index contributed by atoms with van der Waals surface area (Å²) < 4.78 is 1.84. The van der Waals surface area contributed by atoms with Gasteiger partial charge in [-0.3, -0.25) is 4.79 Å². The number of nitrogens with one attached hydrogen (secondary N) is 1. The van der Waals surface area contributed by atoms with E-state index in [9.17, 15) is 4.79 Å². The smallest absolute Gasteiger partial charge is 0.234 e. The molecule has 3 heterocycles. The lowest BCUT2D eigenvalue weighted by molar-refractivity contribution is -0.113. The van der Waals surface area contributed by atoms with Crippen LogP contribution in [0.25, 0.3) is 20.9 Å². The van der Waals surface area contributed by atoms with Crippen molar-refractivity contribution in [2.75, 3.05) is 16.8 Å². The van der Waals surface area contributed by atoms with E-state index < -0.39 is 0 Å². The Kier molecular flexibility index (Phi) is 5.44. The van der Waals surface area contributed by atoms with Gasteiger partial charge in [0, 0.05) is 29.3 Å². The van der Waals surface area contributed by atoms with Gasteiger partial charge in [0.15, 0.2) is 11.0 Å². The minimum atomic E-state index is -0.133. The van der Waals surface area contributed by atoms with Gasteiger partial charge >= 0.3 is 0 Å². The fourth-order valence-electron chi connectivity index (χ4n) is 2.81. The van der Waals surface area contributed by atoms with Gasteiger partial charge in [0.2, 0.25) is 5.91 Å². The molecule has 0 atom stereocenters. The summed E-state index contributed by atoms with van der Waals surface area (Å²) in [5.74, 6) is 0.727. The first-order chi connectivity index (χ1) is 13.9. The topological polar surface area (TPSA) is 98.7 Å². The van der Waals surface area contributed by atoms with Gasteiger partial charge in [0.05, 0.1) is 16.3 Å². The predicted octanol–water partition coefficient (Wildman–Crippen LogP) is 4.37. The number of nitrogens with zero attached hydrogens (tertiary/aromatic N) is 4. The summed E-state index contributed by atoms with van der Waals surface area (Å²) in [4.78, 5) is 18.3. The Morgan fingerprint density at radius 1 is 1.34 bits per heavy atom. The van der Waals surface area contributed by atoms with Crippen molar-refractivity contribution in [2.24, 2.45) is 7.05 Å². The highest BCUT2D eigenvalue weighted by Crippen LogP contribution is 2.39. The van der Waals surface area contributed by atoms with Crippen LogP contribution >= 0.6 is 34.7 Å². The number of hydrogen-bond acceptors (Lipinski definition) is 7. The number of anilines is 2. The number of nitrogen functional groups attached to an aromatic ring is 1. The van der Waals surface area contributed by atoms with Crippen LogP contribution in [0.4, 0.5) is 11.4 Å². The van der Waals surface area contributed by atoms with Crippen molar-refractivity contribution in [1.82, 2.24) is 19.7 Å². The molecule has 7 nitrogen and oxygen atoms in total. The van der Waals surface area contributed by atoms with E-state index in [2.05, 4.69) is 20.5 Å². The number of pyridine rings is 1. The number of halogens is 1. The first-order valence-corrected chi connectivity index (χ1v) is 10.8. The summed E-state index contributed by atoms with van der Waals surface area (Å²) >= 11 is 8.80. The van der Waals surface area contributed by atoms with Crippen LogP contribution in [0.5, 0.6) is 0 Å². The quantitative estimate of drug-likeness (QED) is 0.443. The Bertz CT molecular complexity index is 1220. The van der Waals surface area contributed by atoms with Crippen molar-refractivity contribution in [1.29, 1.82) is 0 Å². The zero-order valence-corrected chi connectivity index (χ0v) is 18.0. The van der Waals surface area contributed by atoms with Crippen molar-refractivity contribution in [3.8, 4) is 10.7 Å². The maximum Gasteiger partial charge on any atom is 0.234 e. The van der Waals surface area contributed by atoms with E-state index >= 15 is 0 Å². The van der Waals surface area contributed by atoms with Crippen LogP contribution in [0.15, 0.2) is 41.7 Å². The number of fused-ring (bicyclic) bond motifs is 1. The maximum absolute atomic E-state index is 12.3. The van der Waals surface area contributed by atoms with Crippen molar-refractivity contribution in [3.63, 3.8) is 0 Å². The number of benzene rings is 1. The first-order valence-electron chi connectivity index (χ1n) is 8.65. The highest BCUT2D eigenvalue weighted by Gasteiger charge is 2.19. The van der Waals surface area contributed by atoms with Gasteiger partial charge in [0.1, 0.15) is 4.83 Å². The summed E-state index contributed by atoms with van der Waals surface area (Å²) in [6.45, 7) is 1.89. The van der Waals surface area contributed by atoms with Crippen LogP contribution in [-0.4, -0.2) is 31.4 Å². The zero-order valence-electron chi connectivity index (χ0n) is 15.6.